The predicted molar refractivity (Wildman–Crippen MR) is 89.2 cm³/mol. The molecule has 116 valence electrons. The quantitative estimate of drug-likeness (QED) is 0.519. The molecule has 0 spiro atoms. The van der Waals surface area contributed by atoms with E-state index in [1.54, 1.807) is 0 Å². The number of nitrogens with one attached hydrogen (secondary N) is 1. The number of phenols is 1. The second kappa shape index (κ2) is 12.6. The van der Waals surface area contributed by atoms with Gasteiger partial charge in [-0.25, -0.2) is 0 Å². The molecule has 0 radical (unpaired) electrons. The van der Waals surface area contributed by atoms with Crippen molar-refractivity contribution in [1.82, 2.24) is 5.32 Å². The van der Waals surface area contributed by atoms with Crippen LogP contribution in [0.25, 0.3) is 0 Å². The Morgan fingerprint density at radius 2 is 1.55 bits per heavy atom. The lowest BCUT2D eigenvalue weighted by atomic mass is 10.1. The molecule has 0 saturated heterocycles. The van der Waals surface area contributed by atoms with Crippen LogP contribution in [0.1, 0.15) is 25.3 Å². The van der Waals surface area contributed by atoms with Crippen LogP contribution >= 0.6 is 31.9 Å². The molecule has 0 unspecified atom stereocenters. The minimum Gasteiger partial charge on any atom is -0.506 e. The van der Waals surface area contributed by atoms with Gasteiger partial charge in [0.25, 0.3) is 0 Å². The van der Waals surface area contributed by atoms with Gasteiger partial charge in [-0.1, -0.05) is 13.3 Å². The van der Waals surface area contributed by atoms with Crippen molar-refractivity contribution in [2.24, 2.45) is 0 Å². The fraction of sp³-hybridized carbons (Fsp3) is 0.571. The van der Waals surface area contributed by atoms with Crippen molar-refractivity contribution in [3.8, 4) is 5.75 Å². The molecule has 0 aliphatic carbocycles. The highest BCUT2D eigenvalue weighted by atomic mass is 79.9. The van der Waals surface area contributed by atoms with E-state index in [4.69, 9.17) is 10.2 Å². The molecule has 1 aromatic carbocycles. The second-order valence-electron chi connectivity index (χ2n) is 4.21. The van der Waals surface area contributed by atoms with E-state index >= 15 is 0 Å². The Hall–Kier alpha value is -0.140. The van der Waals surface area contributed by atoms with E-state index in [0.717, 1.165) is 15.4 Å². The predicted octanol–water partition coefficient (Wildman–Crippen LogP) is 2.82. The summed E-state index contributed by atoms with van der Waals surface area (Å²) in [6, 6.07) is 3.94. The minimum atomic E-state index is 0.139. The molecule has 0 heterocycles. The minimum absolute atomic E-state index is 0.139. The fourth-order valence-electron chi connectivity index (χ4n) is 1.43. The molecule has 20 heavy (non-hydrogen) atoms. The van der Waals surface area contributed by atoms with E-state index in [1.807, 2.05) is 12.1 Å². The Labute approximate surface area is 137 Å². The van der Waals surface area contributed by atoms with Gasteiger partial charge in [-0.2, -0.15) is 0 Å². The summed E-state index contributed by atoms with van der Waals surface area (Å²) in [6.07, 6.45) is 3.44. The molecule has 0 amide bonds. The van der Waals surface area contributed by atoms with Gasteiger partial charge < -0.3 is 20.6 Å². The molecule has 0 atom stereocenters. The Kier molecular flexibility index (Phi) is 12.5. The summed E-state index contributed by atoms with van der Waals surface area (Å²) in [7, 11) is 0. The van der Waals surface area contributed by atoms with Crippen LogP contribution in [0.3, 0.4) is 0 Å². The topological polar surface area (TPSA) is 72.7 Å². The summed E-state index contributed by atoms with van der Waals surface area (Å²) in [5.74, 6) is 0.278. The Morgan fingerprint density at radius 1 is 1.05 bits per heavy atom. The number of hydrogen-bond donors (Lipinski definition) is 4. The van der Waals surface area contributed by atoms with Crippen LogP contribution in [0.15, 0.2) is 21.1 Å². The fourth-order valence-corrected chi connectivity index (χ4v) is 2.71. The summed E-state index contributed by atoms with van der Waals surface area (Å²) in [4.78, 5) is 0. The van der Waals surface area contributed by atoms with Crippen molar-refractivity contribution in [1.29, 1.82) is 0 Å². The third kappa shape index (κ3) is 8.92. The lowest BCUT2D eigenvalue weighted by molar-refractivity contribution is 0.266. The highest BCUT2D eigenvalue weighted by Crippen LogP contribution is 2.33. The zero-order chi connectivity index (χ0) is 15.4. The van der Waals surface area contributed by atoms with Gasteiger partial charge in [-0.3, -0.25) is 0 Å². The van der Waals surface area contributed by atoms with Gasteiger partial charge in [-0.05, 0) is 62.4 Å². The molecular formula is C14H23Br2NO3. The van der Waals surface area contributed by atoms with Crippen molar-refractivity contribution >= 4 is 31.9 Å². The first-order chi connectivity index (χ1) is 9.56. The van der Waals surface area contributed by atoms with Gasteiger partial charge in [0.1, 0.15) is 5.75 Å². The number of aryl methyl sites for hydroxylation is 1. The largest absolute Gasteiger partial charge is 0.506 e. The molecule has 0 bridgehead atoms. The number of halogens is 2. The van der Waals surface area contributed by atoms with Crippen LogP contribution in [-0.4, -0.2) is 41.6 Å². The first-order valence-electron chi connectivity index (χ1n) is 6.66. The monoisotopic (exact) mass is 411 g/mol. The van der Waals surface area contributed by atoms with Gasteiger partial charge in [0.2, 0.25) is 0 Å². The highest BCUT2D eigenvalue weighted by Gasteiger charge is 2.04. The summed E-state index contributed by atoms with van der Waals surface area (Å²) >= 11 is 6.62. The van der Waals surface area contributed by atoms with E-state index in [2.05, 4.69) is 44.1 Å². The third-order valence-corrected chi connectivity index (χ3v) is 3.68. The molecule has 0 fully saturated rings. The van der Waals surface area contributed by atoms with Crippen molar-refractivity contribution in [2.45, 2.75) is 26.2 Å². The van der Waals surface area contributed by atoms with E-state index in [-0.39, 0.29) is 19.0 Å². The van der Waals surface area contributed by atoms with Crippen LogP contribution in [0.2, 0.25) is 0 Å². The van der Waals surface area contributed by atoms with E-state index in [0.29, 0.717) is 13.1 Å². The first kappa shape index (κ1) is 19.9. The molecule has 1 rings (SSSR count). The maximum atomic E-state index is 9.46. The normalized spacial score (nSPS) is 10.1. The molecule has 4 N–H and O–H groups in total. The standard InChI is InChI=1S/C10H12Br2O.C4H11NO2/c1-2-3-4-7-5-8(11)10(13)9(12)6-7;6-3-1-5-2-4-7/h5-6,13H,2-4H2,1H3;5-7H,1-4H2. The van der Waals surface area contributed by atoms with E-state index in [9.17, 15) is 5.11 Å². The summed E-state index contributed by atoms with van der Waals surface area (Å²) in [5.41, 5.74) is 1.25. The molecule has 6 heteroatoms. The van der Waals surface area contributed by atoms with Gasteiger partial charge in [0.15, 0.2) is 0 Å². The third-order valence-electron chi connectivity index (χ3n) is 2.47. The number of phenolic OH excluding ortho intramolecular Hbond substituents is 1. The average molecular weight is 413 g/mol. The van der Waals surface area contributed by atoms with Crippen molar-refractivity contribution in [3.63, 3.8) is 0 Å². The summed E-state index contributed by atoms with van der Waals surface area (Å²) < 4.78 is 1.51. The number of aliphatic hydroxyl groups is 2. The van der Waals surface area contributed by atoms with Crippen LogP contribution in [0, 0.1) is 0 Å². The van der Waals surface area contributed by atoms with Crippen LogP contribution < -0.4 is 5.32 Å². The lowest BCUT2D eigenvalue weighted by Crippen LogP contribution is -2.21. The molecule has 0 saturated carbocycles. The average Bonchev–Trinajstić information content (AvgIpc) is 2.43. The lowest BCUT2D eigenvalue weighted by Gasteiger charge is -2.04. The molecule has 1 aromatic rings. The number of benzene rings is 1. The van der Waals surface area contributed by atoms with Gasteiger partial charge >= 0.3 is 0 Å². The maximum Gasteiger partial charge on any atom is 0.143 e. The first-order valence-corrected chi connectivity index (χ1v) is 8.24. The van der Waals surface area contributed by atoms with Gasteiger partial charge in [0.05, 0.1) is 22.2 Å². The Bertz CT molecular complexity index is 348. The number of rotatable bonds is 7. The zero-order valence-corrected chi connectivity index (χ0v) is 14.9. The summed E-state index contributed by atoms with van der Waals surface area (Å²) in [5, 5.41) is 28.5. The van der Waals surface area contributed by atoms with Crippen LogP contribution in [0.5, 0.6) is 5.75 Å². The molecular weight excluding hydrogens is 390 g/mol. The molecule has 0 aliphatic rings. The van der Waals surface area contributed by atoms with Gasteiger partial charge in [-0.15, -0.1) is 0 Å². The maximum absolute atomic E-state index is 9.46. The Morgan fingerprint density at radius 3 is 1.95 bits per heavy atom. The zero-order valence-electron chi connectivity index (χ0n) is 11.7. The van der Waals surface area contributed by atoms with Gasteiger partial charge in [0, 0.05) is 13.1 Å². The van der Waals surface area contributed by atoms with E-state index in [1.165, 1.54) is 18.4 Å². The Balaban J connectivity index is 0.000000441. The smallest absolute Gasteiger partial charge is 0.143 e. The molecule has 4 nitrogen and oxygen atoms in total. The van der Waals surface area contributed by atoms with Crippen molar-refractivity contribution in [3.05, 3.63) is 26.6 Å². The summed E-state index contributed by atoms with van der Waals surface area (Å²) in [6.45, 7) is 3.59. The number of hydrogen-bond acceptors (Lipinski definition) is 4. The molecule has 0 aliphatic heterocycles. The van der Waals surface area contributed by atoms with Crippen LogP contribution in [0.4, 0.5) is 0 Å². The SMILES string of the molecule is CCCCc1cc(Br)c(O)c(Br)c1.OCCNCCO. The van der Waals surface area contributed by atoms with Crippen molar-refractivity contribution < 1.29 is 15.3 Å². The number of aromatic hydroxyl groups is 1. The van der Waals surface area contributed by atoms with E-state index < -0.39 is 0 Å². The second-order valence-corrected chi connectivity index (χ2v) is 5.92. The number of unbranched alkanes of at least 4 members (excludes halogenated alkanes) is 1. The highest BCUT2D eigenvalue weighted by molar-refractivity contribution is 9.11. The van der Waals surface area contributed by atoms with Crippen LogP contribution in [-0.2, 0) is 6.42 Å². The van der Waals surface area contributed by atoms with Crippen molar-refractivity contribution in [2.75, 3.05) is 26.3 Å². The number of aliphatic hydroxyl groups excluding tert-OH is 2. The molecule has 0 aromatic heterocycles.